The zero-order chi connectivity index (χ0) is 18.2. The van der Waals surface area contributed by atoms with Crippen LogP contribution in [0.3, 0.4) is 0 Å². The minimum Gasteiger partial charge on any atom is -0.496 e. The number of hydrazine groups is 1. The first-order chi connectivity index (χ1) is 12.0. The molecule has 2 N–H and O–H groups in total. The van der Waals surface area contributed by atoms with Gasteiger partial charge in [-0.25, -0.2) is 10.2 Å². The van der Waals surface area contributed by atoms with E-state index in [0.717, 1.165) is 16.2 Å². The molecule has 0 saturated heterocycles. The minimum atomic E-state index is -0.405. The van der Waals surface area contributed by atoms with E-state index >= 15 is 0 Å². The van der Waals surface area contributed by atoms with E-state index in [0.29, 0.717) is 12.1 Å². The number of ether oxygens (including phenoxy) is 1. The summed E-state index contributed by atoms with van der Waals surface area (Å²) in [5.41, 5.74) is 6.21. The van der Waals surface area contributed by atoms with Gasteiger partial charge in [-0.3, -0.25) is 10.2 Å². The van der Waals surface area contributed by atoms with Crippen LogP contribution >= 0.6 is 11.8 Å². The minimum absolute atomic E-state index is 0.367. The summed E-state index contributed by atoms with van der Waals surface area (Å²) in [5, 5.41) is 0. The number of benzene rings is 2. The molecule has 0 atom stereocenters. The molecular weight excluding hydrogens is 338 g/mol. The first-order valence-corrected chi connectivity index (χ1v) is 8.85. The molecule has 132 valence electrons. The topological polar surface area (TPSA) is 70.7 Å². The maximum absolute atomic E-state index is 12.1. The van der Waals surface area contributed by atoms with Crippen LogP contribution in [0.15, 0.2) is 53.4 Å². The van der Waals surface area contributed by atoms with Gasteiger partial charge in [-0.1, -0.05) is 24.3 Å². The van der Waals surface area contributed by atoms with E-state index in [4.69, 9.17) is 4.74 Å². The quantitative estimate of drug-likeness (QED) is 0.636. The monoisotopic (exact) mass is 359 g/mol. The predicted octanol–water partition coefficient (Wildman–Crippen LogP) is 2.90. The summed E-state index contributed by atoms with van der Waals surface area (Å²) in [6.07, 6.45) is 1.98. The van der Waals surface area contributed by atoms with Crippen LogP contribution in [-0.2, 0) is 6.54 Å². The lowest BCUT2D eigenvalue weighted by molar-refractivity contribution is 0.0931. The van der Waals surface area contributed by atoms with Gasteiger partial charge in [0.25, 0.3) is 5.91 Å². The molecule has 0 fully saturated rings. The Balaban J connectivity index is 1.91. The number of carbonyl (C=O) groups excluding carboxylic acids is 2. The molecule has 2 aromatic rings. The molecule has 0 aliphatic carbocycles. The van der Waals surface area contributed by atoms with Gasteiger partial charge in [0.1, 0.15) is 5.75 Å². The highest BCUT2D eigenvalue weighted by atomic mass is 32.2. The summed E-state index contributed by atoms with van der Waals surface area (Å²) in [6, 6.07) is 14.1. The molecule has 7 heteroatoms. The Kier molecular flexibility index (Phi) is 6.71. The maximum Gasteiger partial charge on any atom is 0.336 e. The molecule has 0 bridgehead atoms. The van der Waals surface area contributed by atoms with Crippen LogP contribution in [0.1, 0.15) is 15.9 Å². The van der Waals surface area contributed by atoms with E-state index in [1.165, 1.54) is 4.90 Å². The number of thioether (sulfide) groups is 1. The van der Waals surface area contributed by atoms with Crippen LogP contribution < -0.4 is 15.6 Å². The van der Waals surface area contributed by atoms with Crippen molar-refractivity contribution in [3.63, 3.8) is 0 Å². The largest absolute Gasteiger partial charge is 0.496 e. The van der Waals surface area contributed by atoms with Gasteiger partial charge < -0.3 is 9.64 Å². The smallest absolute Gasteiger partial charge is 0.336 e. The summed E-state index contributed by atoms with van der Waals surface area (Å²) in [7, 11) is 3.27. The van der Waals surface area contributed by atoms with Crippen LogP contribution in [0.2, 0.25) is 0 Å². The van der Waals surface area contributed by atoms with E-state index in [9.17, 15) is 9.59 Å². The van der Waals surface area contributed by atoms with Crippen LogP contribution in [0.25, 0.3) is 0 Å². The van der Waals surface area contributed by atoms with Gasteiger partial charge in [0.2, 0.25) is 0 Å². The molecule has 0 heterocycles. The molecule has 2 rings (SSSR count). The highest BCUT2D eigenvalue weighted by Crippen LogP contribution is 2.28. The van der Waals surface area contributed by atoms with Gasteiger partial charge >= 0.3 is 6.03 Å². The average Bonchev–Trinajstić information content (AvgIpc) is 2.66. The number of methoxy groups -OCH3 is 1. The van der Waals surface area contributed by atoms with Crippen LogP contribution in [0.4, 0.5) is 4.79 Å². The van der Waals surface area contributed by atoms with Crippen molar-refractivity contribution in [1.82, 2.24) is 15.8 Å². The molecule has 0 spiro atoms. The third-order valence-corrected chi connectivity index (χ3v) is 4.31. The lowest BCUT2D eigenvalue weighted by Crippen LogP contribution is -2.47. The van der Waals surface area contributed by atoms with Gasteiger partial charge in [0.15, 0.2) is 0 Å². The molecule has 0 aromatic heterocycles. The number of hydrogen-bond donors (Lipinski definition) is 2. The lowest BCUT2D eigenvalue weighted by atomic mass is 10.2. The normalized spacial score (nSPS) is 10.0. The third-order valence-electron chi connectivity index (χ3n) is 3.53. The van der Waals surface area contributed by atoms with Crippen molar-refractivity contribution in [1.29, 1.82) is 0 Å². The molecule has 0 aliphatic rings. The van der Waals surface area contributed by atoms with Crippen molar-refractivity contribution in [2.75, 3.05) is 20.4 Å². The molecular formula is C18H21N3O3S. The summed E-state index contributed by atoms with van der Waals surface area (Å²) >= 11 is 1.60. The fourth-order valence-corrected chi connectivity index (χ4v) is 2.74. The molecule has 2 aromatic carbocycles. The number of nitrogens with one attached hydrogen (secondary N) is 2. The van der Waals surface area contributed by atoms with E-state index in [1.54, 1.807) is 50.2 Å². The van der Waals surface area contributed by atoms with Gasteiger partial charge in [0.05, 0.1) is 7.11 Å². The Bertz CT molecular complexity index is 738. The molecule has 0 aliphatic heterocycles. The van der Waals surface area contributed by atoms with Crippen LogP contribution in [-0.4, -0.2) is 37.3 Å². The number of nitrogens with zero attached hydrogens (tertiary/aromatic N) is 1. The number of hydrogen-bond acceptors (Lipinski definition) is 4. The Hall–Kier alpha value is -2.67. The number of rotatable bonds is 5. The summed E-state index contributed by atoms with van der Waals surface area (Å²) in [6.45, 7) is 0.387. The molecule has 3 amide bonds. The summed E-state index contributed by atoms with van der Waals surface area (Å²) in [5.74, 6) is 0.407. The lowest BCUT2D eigenvalue weighted by Gasteiger charge is -2.19. The number of urea groups is 1. The van der Waals surface area contributed by atoms with Crippen LogP contribution in [0.5, 0.6) is 5.75 Å². The highest BCUT2D eigenvalue weighted by molar-refractivity contribution is 7.98. The van der Waals surface area contributed by atoms with Crippen molar-refractivity contribution >= 4 is 23.7 Å². The zero-order valence-electron chi connectivity index (χ0n) is 14.4. The van der Waals surface area contributed by atoms with Crippen molar-refractivity contribution in [2.24, 2.45) is 0 Å². The van der Waals surface area contributed by atoms with E-state index in [2.05, 4.69) is 10.9 Å². The second-order valence-electron chi connectivity index (χ2n) is 5.30. The van der Waals surface area contributed by atoms with Crippen molar-refractivity contribution in [3.05, 3.63) is 59.7 Å². The SMILES string of the molecule is COc1cc(CN(C)C(=O)NNC(=O)c2ccccc2)ccc1SC. The van der Waals surface area contributed by atoms with E-state index < -0.39 is 6.03 Å². The first kappa shape index (κ1) is 18.7. The summed E-state index contributed by atoms with van der Waals surface area (Å²) in [4.78, 5) is 26.6. The Morgan fingerprint density at radius 3 is 2.48 bits per heavy atom. The molecule has 0 unspecified atom stereocenters. The Morgan fingerprint density at radius 1 is 1.12 bits per heavy atom. The van der Waals surface area contributed by atoms with Gasteiger partial charge in [-0.15, -0.1) is 11.8 Å². The second-order valence-corrected chi connectivity index (χ2v) is 6.14. The summed E-state index contributed by atoms with van der Waals surface area (Å²) < 4.78 is 5.35. The molecule has 0 saturated carbocycles. The predicted molar refractivity (Wildman–Crippen MR) is 98.7 cm³/mol. The zero-order valence-corrected chi connectivity index (χ0v) is 15.2. The molecule has 6 nitrogen and oxygen atoms in total. The molecule has 25 heavy (non-hydrogen) atoms. The van der Waals surface area contributed by atoms with Gasteiger partial charge in [0, 0.05) is 24.1 Å². The number of carbonyl (C=O) groups is 2. The molecule has 0 radical (unpaired) electrons. The van der Waals surface area contributed by atoms with Crippen LogP contribution in [0, 0.1) is 0 Å². The van der Waals surface area contributed by atoms with E-state index in [-0.39, 0.29) is 5.91 Å². The fraction of sp³-hybridized carbons (Fsp3) is 0.222. The second kappa shape index (κ2) is 8.98. The van der Waals surface area contributed by atoms with E-state index in [1.807, 2.05) is 30.5 Å². The Labute approximate surface area is 151 Å². The Morgan fingerprint density at radius 2 is 1.84 bits per heavy atom. The maximum atomic E-state index is 12.1. The fourth-order valence-electron chi connectivity index (χ4n) is 2.19. The third kappa shape index (κ3) is 5.15. The first-order valence-electron chi connectivity index (χ1n) is 7.62. The highest BCUT2D eigenvalue weighted by Gasteiger charge is 2.12. The van der Waals surface area contributed by atoms with Gasteiger partial charge in [-0.05, 0) is 36.1 Å². The van der Waals surface area contributed by atoms with Crippen molar-refractivity contribution in [3.8, 4) is 5.75 Å². The average molecular weight is 359 g/mol. The van der Waals surface area contributed by atoms with Crippen molar-refractivity contribution in [2.45, 2.75) is 11.4 Å². The van der Waals surface area contributed by atoms with Gasteiger partial charge in [-0.2, -0.15) is 0 Å². The van der Waals surface area contributed by atoms with Crippen molar-refractivity contribution < 1.29 is 14.3 Å². The number of amides is 3. The standard InChI is InChI=1S/C18H21N3O3S/c1-21(12-13-9-10-16(25-3)15(11-13)24-2)18(23)20-19-17(22)14-7-5-4-6-8-14/h4-11H,12H2,1-3H3,(H,19,22)(H,20,23).